The van der Waals surface area contributed by atoms with E-state index in [4.69, 9.17) is 0 Å². The third-order valence-corrected chi connectivity index (χ3v) is 4.53. The van der Waals surface area contributed by atoms with E-state index in [0.717, 1.165) is 36.9 Å². The summed E-state index contributed by atoms with van der Waals surface area (Å²) in [5.74, 6) is 0.659. The number of aryl methyl sites for hydroxylation is 1. The van der Waals surface area contributed by atoms with Crippen molar-refractivity contribution < 1.29 is 4.79 Å². The molecule has 0 radical (unpaired) electrons. The van der Waals surface area contributed by atoms with Gasteiger partial charge in [-0.3, -0.25) is 4.79 Å². The molecule has 1 aromatic heterocycles. The molecule has 0 saturated carbocycles. The second-order valence-electron chi connectivity index (χ2n) is 6.10. The number of carbonyl (C=O) groups is 1. The third kappa shape index (κ3) is 3.41. The average Bonchev–Trinajstić information content (AvgIpc) is 3.03. The van der Waals surface area contributed by atoms with Gasteiger partial charge < -0.3 is 4.90 Å². The molecule has 1 fully saturated rings. The number of likely N-dealkylation sites (tertiary alicyclic amines) is 1. The summed E-state index contributed by atoms with van der Waals surface area (Å²) in [4.78, 5) is 15.9. The van der Waals surface area contributed by atoms with E-state index in [-0.39, 0.29) is 12.5 Å². The number of benzene rings is 1. The summed E-state index contributed by atoms with van der Waals surface area (Å²) < 4.78 is 0. The fourth-order valence-electron chi connectivity index (χ4n) is 3.21. The molecule has 1 aliphatic rings. The van der Waals surface area contributed by atoms with Crippen LogP contribution in [0.15, 0.2) is 24.3 Å². The van der Waals surface area contributed by atoms with Crippen LogP contribution < -0.4 is 0 Å². The standard InChI is InChI=1S/C17H23N5O/c1-3-14-9-6-7-11-21(14)16(23)12-22-19-17(18-20-22)15-10-5-4-8-13(15)2/h4-5,8,10,14H,3,6-7,9,11-12H2,1-2H3/t14-/m1/s1. The van der Waals surface area contributed by atoms with Gasteiger partial charge in [0.15, 0.2) is 0 Å². The number of amides is 1. The van der Waals surface area contributed by atoms with Gasteiger partial charge in [-0.1, -0.05) is 31.2 Å². The molecular formula is C17H23N5O. The van der Waals surface area contributed by atoms with Crippen molar-refractivity contribution >= 4 is 5.91 Å². The van der Waals surface area contributed by atoms with Gasteiger partial charge in [-0.05, 0) is 43.4 Å². The molecule has 0 spiro atoms. The highest BCUT2D eigenvalue weighted by Crippen LogP contribution is 2.20. The van der Waals surface area contributed by atoms with Gasteiger partial charge in [-0.15, -0.1) is 10.2 Å². The molecule has 3 rings (SSSR count). The van der Waals surface area contributed by atoms with Gasteiger partial charge >= 0.3 is 0 Å². The predicted octanol–water partition coefficient (Wildman–Crippen LogP) is 2.44. The molecule has 1 saturated heterocycles. The Morgan fingerprint density at radius 1 is 1.30 bits per heavy atom. The first-order valence-electron chi connectivity index (χ1n) is 8.32. The minimum Gasteiger partial charge on any atom is -0.338 e. The molecule has 6 heteroatoms. The molecule has 1 atom stereocenters. The Bertz CT molecular complexity index is 681. The van der Waals surface area contributed by atoms with Gasteiger partial charge in [-0.25, -0.2) is 0 Å². The largest absolute Gasteiger partial charge is 0.338 e. The average molecular weight is 313 g/mol. The van der Waals surface area contributed by atoms with Gasteiger partial charge in [0, 0.05) is 18.2 Å². The molecule has 23 heavy (non-hydrogen) atoms. The van der Waals surface area contributed by atoms with Crippen LogP contribution in [0.2, 0.25) is 0 Å². The second-order valence-corrected chi connectivity index (χ2v) is 6.10. The first-order chi connectivity index (χ1) is 11.2. The molecule has 0 unspecified atom stereocenters. The summed E-state index contributed by atoms with van der Waals surface area (Å²) >= 11 is 0. The topological polar surface area (TPSA) is 63.9 Å². The zero-order valence-electron chi connectivity index (χ0n) is 13.8. The van der Waals surface area contributed by atoms with E-state index < -0.39 is 0 Å². The Kier molecular flexibility index (Phi) is 4.69. The van der Waals surface area contributed by atoms with Crippen LogP contribution in [-0.2, 0) is 11.3 Å². The Morgan fingerprint density at radius 3 is 2.91 bits per heavy atom. The molecule has 122 valence electrons. The first kappa shape index (κ1) is 15.6. The van der Waals surface area contributed by atoms with Gasteiger partial charge in [0.25, 0.3) is 0 Å². The summed E-state index contributed by atoms with van der Waals surface area (Å²) in [5, 5.41) is 12.5. The van der Waals surface area contributed by atoms with E-state index in [9.17, 15) is 4.79 Å². The van der Waals surface area contributed by atoms with Crippen molar-refractivity contribution in [2.45, 2.75) is 52.1 Å². The fourth-order valence-corrected chi connectivity index (χ4v) is 3.21. The van der Waals surface area contributed by atoms with E-state index in [0.29, 0.717) is 11.9 Å². The molecule has 1 amide bonds. The van der Waals surface area contributed by atoms with E-state index in [2.05, 4.69) is 22.3 Å². The van der Waals surface area contributed by atoms with Crippen molar-refractivity contribution in [1.29, 1.82) is 0 Å². The zero-order chi connectivity index (χ0) is 16.2. The summed E-state index contributed by atoms with van der Waals surface area (Å²) in [6, 6.07) is 8.27. The quantitative estimate of drug-likeness (QED) is 0.869. The summed E-state index contributed by atoms with van der Waals surface area (Å²) in [6.07, 6.45) is 4.40. The summed E-state index contributed by atoms with van der Waals surface area (Å²) in [6.45, 7) is 5.16. The van der Waals surface area contributed by atoms with Crippen molar-refractivity contribution in [3.63, 3.8) is 0 Å². The highest BCUT2D eigenvalue weighted by Gasteiger charge is 2.25. The lowest BCUT2D eigenvalue weighted by Crippen LogP contribution is -2.45. The highest BCUT2D eigenvalue weighted by atomic mass is 16.2. The lowest BCUT2D eigenvalue weighted by molar-refractivity contribution is -0.136. The summed E-state index contributed by atoms with van der Waals surface area (Å²) in [5.41, 5.74) is 2.05. The first-order valence-corrected chi connectivity index (χ1v) is 8.32. The molecular weight excluding hydrogens is 290 g/mol. The maximum Gasteiger partial charge on any atom is 0.246 e. The number of hydrogen-bond donors (Lipinski definition) is 0. The number of tetrazole rings is 1. The zero-order valence-corrected chi connectivity index (χ0v) is 13.8. The second kappa shape index (κ2) is 6.89. The maximum atomic E-state index is 12.5. The van der Waals surface area contributed by atoms with Crippen LogP contribution in [0.3, 0.4) is 0 Å². The Hall–Kier alpha value is -2.24. The number of aromatic nitrogens is 4. The van der Waals surface area contributed by atoms with Crippen LogP contribution in [0, 0.1) is 6.92 Å². The van der Waals surface area contributed by atoms with Crippen molar-refractivity contribution in [2.75, 3.05) is 6.54 Å². The smallest absolute Gasteiger partial charge is 0.246 e. The molecule has 1 aliphatic heterocycles. The SMILES string of the molecule is CC[C@@H]1CCCCN1C(=O)Cn1nnc(-c2ccccc2C)n1. The highest BCUT2D eigenvalue weighted by molar-refractivity contribution is 5.76. The van der Waals surface area contributed by atoms with E-state index in [1.807, 2.05) is 36.1 Å². The summed E-state index contributed by atoms with van der Waals surface area (Å²) in [7, 11) is 0. The van der Waals surface area contributed by atoms with Crippen LogP contribution in [0.25, 0.3) is 11.4 Å². The normalized spacial score (nSPS) is 18.2. The van der Waals surface area contributed by atoms with Gasteiger partial charge in [0.1, 0.15) is 6.54 Å². The van der Waals surface area contributed by atoms with E-state index in [1.54, 1.807) is 0 Å². The van der Waals surface area contributed by atoms with Crippen LogP contribution in [0.4, 0.5) is 0 Å². The number of piperidine rings is 1. The van der Waals surface area contributed by atoms with Crippen molar-refractivity contribution in [3.05, 3.63) is 29.8 Å². The van der Waals surface area contributed by atoms with E-state index in [1.165, 1.54) is 11.2 Å². The van der Waals surface area contributed by atoms with E-state index >= 15 is 0 Å². The lowest BCUT2D eigenvalue weighted by Gasteiger charge is -2.35. The number of nitrogens with zero attached hydrogens (tertiary/aromatic N) is 5. The minimum absolute atomic E-state index is 0.0882. The van der Waals surface area contributed by atoms with Crippen molar-refractivity contribution in [1.82, 2.24) is 25.1 Å². The Morgan fingerprint density at radius 2 is 2.13 bits per heavy atom. The van der Waals surface area contributed by atoms with Crippen LogP contribution in [-0.4, -0.2) is 43.6 Å². The number of rotatable bonds is 4. The maximum absolute atomic E-state index is 12.5. The van der Waals surface area contributed by atoms with Crippen LogP contribution >= 0.6 is 0 Å². The van der Waals surface area contributed by atoms with Crippen LogP contribution in [0.1, 0.15) is 38.2 Å². The minimum atomic E-state index is 0.0882. The number of carbonyl (C=O) groups excluding carboxylic acids is 1. The number of hydrogen-bond acceptors (Lipinski definition) is 4. The molecule has 1 aromatic carbocycles. The molecule has 0 aliphatic carbocycles. The Balaban J connectivity index is 1.71. The molecule has 0 bridgehead atoms. The van der Waals surface area contributed by atoms with Crippen LogP contribution in [0.5, 0.6) is 0 Å². The van der Waals surface area contributed by atoms with Crippen molar-refractivity contribution in [3.8, 4) is 11.4 Å². The van der Waals surface area contributed by atoms with Gasteiger partial charge in [0.05, 0.1) is 0 Å². The molecule has 6 nitrogen and oxygen atoms in total. The molecule has 0 N–H and O–H groups in total. The predicted molar refractivity (Wildman–Crippen MR) is 87.6 cm³/mol. The fraction of sp³-hybridized carbons (Fsp3) is 0.529. The Labute approximate surface area is 136 Å². The monoisotopic (exact) mass is 313 g/mol. The molecule has 2 heterocycles. The van der Waals surface area contributed by atoms with Gasteiger partial charge in [-0.2, -0.15) is 4.80 Å². The van der Waals surface area contributed by atoms with Gasteiger partial charge in [0.2, 0.25) is 11.7 Å². The lowest BCUT2D eigenvalue weighted by atomic mass is 10.00. The molecule has 2 aromatic rings. The third-order valence-electron chi connectivity index (χ3n) is 4.53. The van der Waals surface area contributed by atoms with Crippen molar-refractivity contribution in [2.24, 2.45) is 0 Å².